The summed E-state index contributed by atoms with van der Waals surface area (Å²) in [6.07, 6.45) is 1.59. The zero-order valence-corrected chi connectivity index (χ0v) is 14.5. The van der Waals surface area contributed by atoms with Gasteiger partial charge in [0.25, 0.3) is 0 Å². The molecule has 4 heteroatoms. The SMILES string of the molecule is CCCC1C(NCC)c2cc(C(C)(C)C)ccc2S1(=O)=O. The molecule has 2 rings (SSSR count). The molecular formula is C17H27NO2S. The van der Waals surface area contributed by atoms with Gasteiger partial charge in [-0.3, -0.25) is 0 Å². The van der Waals surface area contributed by atoms with E-state index in [4.69, 9.17) is 0 Å². The highest BCUT2D eigenvalue weighted by Gasteiger charge is 2.44. The molecule has 3 nitrogen and oxygen atoms in total. The van der Waals surface area contributed by atoms with Crippen LogP contribution in [0.2, 0.25) is 0 Å². The zero-order valence-electron chi connectivity index (χ0n) is 13.7. The fraction of sp³-hybridized carbons (Fsp3) is 0.647. The van der Waals surface area contributed by atoms with Gasteiger partial charge in [0.1, 0.15) is 0 Å². The summed E-state index contributed by atoms with van der Waals surface area (Å²) in [5, 5.41) is 3.06. The molecule has 2 atom stereocenters. The first-order valence-corrected chi connectivity index (χ1v) is 9.39. The van der Waals surface area contributed by atoms with Crippen LogP contribution in [0.4, 0.5) is 0 Å². The normalized spacial score (nSPS) is 24.0. The quantitative estimate of drug-likeness (QED) is 0.924. The molecule has 0 radical (unpaired) electrons. The van der Waals surface area contributed by atoms with Crippen LogP contribution in [0.3, 0.4) is 0 Å². The van der Waals surface area contributed by atoms with Crippen LogP contribution in [-0.2, 0) is 15.3 Å². The maximum atomic E-state index is 12.8. The van der Waals surface area contributed by atoms with Crippen molar-refractivity contribution in [3.63, 3.8) is 0 Å². The molecule has 0 aliphatic carbocycles. The molecular weight excluding hydrogens is 282 g/mol. The molecule has 21 heavy (non-hydrogen) atoms. The molecule has 0 saturated heterocycles. The zero-order chi connectivity index (χ0) is 15.8. The Morgan fingerprint density at radius 2 is 1.86 bits per heavy atom. The molecule has 118 valence electrons. The third kappa shape index (κ3) is 2.88. The van der Waals surface area contributed by atoms with Gasteiger partial charge in [-0.2, -0.15) is 0 Å². The number of benzene rings is 1. The Bertz CT molecular complexity index is 614. The molecule has 0 fully saturated rings. The van der Waals surface area contributed by atoms with Crippen molar-refractivity contribution in [2.24, 2.45) is 0 Å². The minimum Gasteiger partial charge on any atom is -0.309 e. The minimum atomic E-state index is -3.20. The minimum absolute atomic E-state index is 0.0262. The number of hydrogen-bond donors (Lipinski definition) is 1. The van der Waals surface area contributed by atoms with Crippen LogP contribution in [0.25, 0.3) is 0 Å². The van der Waals surface area contributed by atoms with Gasteiger partial charge in [0.2, 0.25) is 0 Å². The lowest BCUT2D eigenvalue weighted by molar-refractivity contribution is 0.491. The van der Waals surface area contributed by atoms with Crippen molar-refractivity contribution in [1.29, 1.82) is 0 Å². The van der Waals surface area contributed by atoms with E-state index in [9.17, 15) is 8.42 Å². The maximum absolute atomic E-state index is 12.8. The van der Waals surface area contributed by atoms with Crippen molar-refractivity contribution < 1.29 is 8.42 Å². The van der Waals surface area contributed by atoms with E-state index in [2.05, 4.69) is 32.2 Å². The summed E-state index contributed by atoms with van der Waals surface area (Å²) < 4.78 is 25.6. The van der Waals surface area contributed by atoms with Gasteiger partial charge in [-0.1, -0.05) is 53.2 Å². The number of fused-ring (bicyclic) bond motifs is 1. The second-order valence-electron chi connectivity index (χ2n) is 6.91. The monoisotopic (exact) mass is 309 g/mol. The van der Waals surface area contributed by atoms with Crippen LogP contribution in [0.5, 0.6) is 0 Å². The van der Waals surface area contributed by atoms with Crippen LogP contribution in [0.1, 0.15) is 64.6 Å². The van der Waals surface area contributed by atoms with Gasteiger partial charge in [0, 0.05) is 0 Å². The molecule has 1 aromatic carbocycles. The fourth-order valence-corrected chi connectivity index (χ4v) is 5.37. The summed E-state index contributed by atoms with van der Waals surface area (Å²) in [5.41, 5.74) is 2.18. The van der Waals surface area contributed by atoms with Gasteiger partial charge in [-0.15, -0.1) is 0 Å². The van der Waals surface area contributed by atoms with Crippen molar-refractivity contribution in [2.75, 3.05) is 6.54 Å². The first kappa shape index (κ1) is 16.5. The summed E-state index contributed by atoms with van der Waals surface area (Å²) in [6, 6.07) is 5.80. The van der Waals surface area contributed by atoms with E-state index in [1.54, 1.807) is 0 Å². The van der Waals surface area contributed by atoms with Gasteiger partial charge in [-0.05, 0) is 35.6 Å². The summed E-state index contributed by atoms with van der Waals surface area (Å²) >= 11 is 0. The van der Waals surface area contributed by atoms with Gasteiger partial charge in [-0.25, -0.2) is 8.42 Å². The van der Waals surface area contributed by atoms with Crippen LogP contribution in [0, 0.1) is 0 Å². The Morgan fingerprint density at radius 1 is 1.19 bits per heavy atom. The lowest BCUT2D eigenvalue weighted by Crippen LogP contribution is -2.31. The molecule has 1 aromatic rings. The molecule has 2 unspecified atom stereocenters. The van der Waals surface area contributed by atoms with Crippen LogP contribution in [-0.4, -0.2) is 20.2 Å². The van der Waals surface area contributed by atoms with E-state index in [-0.39, 0.29) is 16.7 Å². The second kappa shape index (κ2) is 5.73. The summed E-state index contributed by atoms with van der Waals surface area (Å²) in [7, 11) is -3.20. The highest BCUT2D eigenvalue weighted by Crippen LogP contribution is 2.42. The van der Waals surface area contributed by atoms with Crippen molar-refractivity contribution in [1.82, 2.24) is 5.32 Å². The van der Waals surface area contributed by atoms with Gasteiger partial charge < -0.3 is 5.32 Å². The van der Waals surface area contributed by atoms with E-state index in [0.29, 0.717) is 11.3 Å². The Balaban J connectivity index is 2.58. The molecule has 0 saturated carbocycles. The third-order valence-corrected chi connectivity index (χ3v) is 6.57. The number of nitrogens with one attached hydrogen (secondary N) is 1. The molecule has 1 heterocycles. The average molecular weight is 309 g/mol. The smallest absolute Gasteiger partial charge is 0.183 e. The Morgan fingerprint density at radius 3 is 2.38 bits per heavy atom. The lowest BCUT2D eigenvalue weighted by atomic mass is 9.85. The lowest BCUT2D eigenvalue weighted by Gasteiger charge is -2.22. The summed E-state index contributed by atoms with van der Waals surface area (Å²) in [4.78, 5) is 0.528. The third-order valence-electron chi connectivity index (χ3n) is 4.28. The van der Waals surface area contributed by atoms with E-state index in [1.807, 2.05) is 26.0 Å². The number of hydrogen-bond acceptors (Lipinski definition) is 3. The van der Waals surface area contributed by atoms with Crippen LogP contribution in [0.15, 0.2) is 23.1 Å². The van der Waals surface area contributed by atoms with Gasteiger partial charge >= 0.3 is 0 Å². The van der Waals surface area contributed by atoms with Crippen molar-refractivity contribution in [2.45, 2.75) is 69.1 Å². The van der Waals surface area contributed by atoms with Gasteiger partial charge in [0.15, 0.2) is 9.84 Å². The van der Waals surface area contributed by atoms with Crippen molar-refractivity contribution in [3.8, 4) is 0 Å². The number of rotatable bonds is 4. The van der Waals surface area contributed by atoms with Crippen LogP contribution < -0.4 is 5.32 Å². The Hall–Kier alpha value is -0.870. The fourth-order valence-electron chi connectivity index (χ4n) is 3.13. The van der Waals surface area contributed by atoms with E-state index < -0.39 is 9.84 Å². The second-order valence-corrected chi connectivity index (χ2v) is 9.05. The molecule has 0 bridgehead atoms. The first-order valence-electron chi connectivity index (χ1n) is 7.85. The van der Waals surface area contributed by atoms with Crippen molar-refractivity contribution in [3.05, 3.63) is 29.3 Å². The molecule has 0 aromatic heterocycles. The van der Waals surface area contributed by atoms with Crippen molar-refractivity contribution >= 4 is 9.84 Å². The first-order chi connectivity index (χ1) is 9.73. The van der Waals surface area contributed by atoms with E-state index in [0.717, 1.165) is 18.5 Å². The standard InChI is InChI=1S/C17H27NO2S/c1-6-8-15-16(18-7-2)13-11-12(17(3,4)5)9-10-14(13)21(15,19)20/h9-11,15-16,18H,6-8H2,1-5H3. The van der Waals surface area contributed by atoms with E-state index >= 15 is 0 Å². The maximum Gasteiger partial charge on any atom is 0.183 e. The van der Waals surface area contributed by atoms with E-state index in [1.165, 1.54) is 5.56 Å². The Labute approximate surface area is 129 Å². The largest absolute Gasteiger partial charge is 0.309 e. The molecule has 1 N–H and O–H groups in total. The molecule has 0 amide bonds. The average Bonchev–Trinajstić information content (AvgIpc) is 2.60. The summed E-state index contributed by atoms with van der Waals surface area (Å²) in [5.74, 6) is 0. The Kier molecular flexibility index (Phi) is 4.50. The summed E-state index contributed by atoms with van der Waals surface area (Å²) in [6.45, 7) is 11.3. The molecule has 1 aliphatic rings. The van der Waals surface area contributed by atoms with Gasteiger partial charge in [0.05, 0.1) is 16.2 Å². The highest BCUT2D eigenvalue weighted by atomic mass is 32.2. The molecule has 0 spiro atoms. The van der Waals surface area contributed by atoms with Crippen LogP contribution >= 0.6 is 0 Å². The predicted molar refractivity (Wildman–Crippen MR) is 87.4 cm³/mol. The number of sulfone groups is 1. The predicted octanol–water partition coefficient (Wildman–Crippen LogP) is 3.59. The molecule has 1 aliphatic heterocycles. The topological polar surface area (TPSA) is 46.2 Å². The highest BCUT2D eigenvalue weighted by molar-refractivity contribution is 7.92.